The lowest BCUT2D eigenvalue weighted by molar-refractivity contribution is -0.107. The number of benzene rings is 3. The maximum absolute atomic E-state index is 13.1. The number of aldehydes is 1. The number of unbranched alkanes of at least 4 members (excludes halogenated alkanes) is 2. The minimum atomic E-state index is -3.45. The summed E-state index contributed by atoms with van der Waals surface area (Å²) in [5, 5.41) is 0.693. The van der Waals surface area contributed by atoms with Crippen LogP contribution in [0.15, 0.2) is 77.7 Å². The van der Waals surface area contributed by atoms with Crippen LogP contribution in [-0.4, -0.2) is 57.7 Å². The molecule has 0 amide bonds. The topological polar surface area (TPSA) is 66.9 Å². The van der Waals surface area contributed by atoms with Crippen LogP contribution in [0.2, 0.25) is 5.02 Å². The summed E-state index contributed by atoms with van der Waals surface area (Å²) in [4.78, 5) is 12.6. The minimum Gasteiger partial charge on any atom is -0.496 e. The van der Waals surface area contributed by atoms with Gasteiger partial charge >= 0.3 is 0 Å². The Morgan fingerprint density at radius 2 is 1.49 bits per heavy atom. The molecule has 41 heavy (non-hydrogen) atoms. The van der Waals surface area contributed by atoms with Crippen molar-refractivity contribution in [3.63, 3.8) is 0 Å². The maximum Gasteiger partial charge on any atom is 0.243 e. The van der Waals surface area contributed by atoms with Crippen molar-refractivity contribution >= 4 is 27.9 Å². The molecule has 0 spiro atoms. The monoisotopic (exact) mass is 600 g/mol. The predicted octanol–water partition coefficient (Wildman–Crippen LogP) is 7.04. The minimum absolute atomic E-state index is 0.380. The van der Waals surface area contributed by atoms with Crippen LogP contribution in [0.5, 0.6) is 5.75 Å². The Bertz CT molecular complexity index is 1260. The van der Waals surface area contributed by atoms with Gasteiger partial charge in [0.25, 0.3) is 0 Å². The number of nitrogens with zero attached hydrogens (tertiary/aromatic N) is 2. The van der Waals surface area contributed by atoms with Crippen molar-refractivity contribution in [2.24, 2.45) is 0 Å². The zero-order valence-electron chi connectivity index (χ0n) is 24.9. The summed E-state index contributed by atoms with van der Waals surface area (Å²) < 4.78 is 33.3. The highest BCUT2D eigenvalue weighted by Gasteiger charge is 2.23. The molecule has 0 unspecified atom stereocenters. The van der Waals surface area contributed by atoms with E-state index in [0.29, 0.717) is 29.4 Å². The molecule has 0 saturated heterocycles. The highest BCUT2D eigenvalue weighted by atomic mass is 35.5. The second-order valence-electron chi connectivity index (χ2n) is 10.1. The van der Waals surface area contributed by atoms with Gasteiger partial charge < -0.3 is 14.4 Å². The fraction of sp³-hybridized carbons (Fsp3) is 0.424. The summed E-state index contributed by atoms with van der Waals surface area (Å²) >= 11 is 6.13. The van der Waals surface area contributed by atoms with Crippen molar-refractivity contribution < 1.29 is 17.9 Å². The van der Waals surface area contributed by atoms with Gasteiger partial charge in [-0.3, -0.25) is 0 Å². The second kappa shape index (κ2) is 18.7. The van der Waals surface area contributed by atoms with Crippen LogP contribution in [0.1, 0.15) is 56.2 Å². The van der Waals surface area contributed by atoms with Crippen molar-refractivity contribution in [3.05, 3.63) is 94.5 Å². The van der Waals surface area contributed by atoms with Gasteiger partial charge in [-0.15, -0.1) is 0 Å². The molecule has 0 fully saturated rings. The third kappa shape index (κ3) is 12.0. The van der Waals surface area contributed by atoms with Crippen LogP contribution in [0.4, 0.5) is 0 Å². The van der Waals surface area contributed by atoms with Crippen molar-refractivity contribution in [1.29, 1.82) is 0 Å². The van der Waals surface area contributed by atoms with E-state index in [4.69, 9.17) is 16.3 Å². The quantitative estimate of drug-likeness (QED) is 0.165. The Balaban J connectivity index is 0.000000553. The smallest absolute Gasteiger partial charge is 0.243 e. The maximum atomic E-state index is 13.1. The van der Waals surface area contributed by atoms with Gasteiger partial charge in [-0.2, -0.15) is 4.31 Å². The van der Waals surface area contributed by atoms with Crippen LogP contribution in [0.3, 0.4) is 0 Å². The van der Waals surface area contributed by atoms with Crippen LogP contribution < -0.4 is 4.74 Å². The lowest BCUT2D eigenvalue weighted by atomic mass is 10.1. The van der Waals surface area contributed by atoms with Gasteiger partial charge in [-0.05, 0) is 67.8 Å². The average Bonchev–Trinajstić information content (AvgIpc) is 2.97. The highest BCUT2D eigenvalue weighted by Crippen LogP contribution is 2.24. The average molecular weight is 601 g/mol. The SMILES string of the molecule is CCCCN(CCCC)S(=O)(=O)c1ccc(CCN(C)Cc2cc(Cl)ccc2OC)cc1.O=CCc1ccccc1. The van der Waals surface area contributed by atoms with E-state index >= 15 is 0 Å². The number of sulfonamides is 1. The second-order valence-corrected chi connectivity index (χ2v) is 12.4. The summed E-state index contributed by atoms with van der Waals surface area (Å²) in [6.07, 6.45) is 5.98. The molecule has 0 heterocycles. The first-order valence-corrected chi connectivity index (χ1v) is 16.1. The highest BCUT2D eigenvalue weighted by molar-refractivity contribution is 7.89. The number of halogens is 1. The molecule has 0 aliphatic heterocycles. The van der Waals surface area contributed by atoms with Gasteiger partial charge in [-0.1, -0.05) is 80.8 Å². The van der Waals surface area contributed by atoms with Gasteiger partial charge in [-0.25, -0.2) is 8.42 Å². The summed E-state index contributed by atoms with van der Waals surface area (Å²) in [7, 11) is 0.265. The Morgan fingerprint density at radius 1 is 0.854 bits per heavy atom. The van der Waals surface area contributed by atoms with E-state index in [-0.39, 0.29) is 0 Å². The number of hydrogen-bond donors (Lipinski definition) is 0. The molecular weight excluding hydrogens is 556 g/mol. The molecule has 3 aromatic rings. The largest absolute Gasteiger partial charge is 0.496 e. The van der Waals surface area contributed by atoms with Gasteiger partial charge in [0.15, 0.2) is 0 Å². The number of methoxy groups -OCH3 is 1. The number of ether oxygens (including phenoxy) is 1. The molecule has 224 valence electrons. The Labute approximate surface area is 252 Å². The zero-order valence-corrected chi connectivity index (χ0v) is 26.5. The number of carbonyl (C=O) groups excluding carboxylic acids is 1. The van der Waals surface area contributed by atoms with Crippen LogP contribution in [0.25, 0.3) is 0 Å². The number of carbonyl (C=O) groups is 1. The first kappa shape index (κ1) is 34.5. The van der Waals surface area contributed by atoms with Crippen molar-refractivity contribution in [3.8, 4) is 5.75 Å². The lowest BCUT2D eigenvalue weighted by Crippen LogP contribution is -2.33. The molecule has 0 atom stereocenters. The molecule has 0 radical (unpaired) electrons. The summed E-state index contributed by atoms with van der Waals surface area (Å²) in [6.45, 7) is 6.88. The Hall–Kier alpha value is -2.71. The molecule has 0 N–H and O–H groups in total. The first-order chi connectivity index (χ1) is 19.7. The lowest BCUT2D eigenvalue weighted by Gasteiger charge is -2.22. The summed E-state index contributed by atoms with van der Waals surface area (Å²) in [5.74, 6) is 0.825. The molecule has 3 aromatic carbocycles. The van der Waals surface area contributed by atoms with E-state index < -0.39 is 10.0 Å². The molecule has 3 rings (SSSR count). The number of hydrogen-bond acceptors (Lipinski definition) is 5. The summed E-state index contributed by atoms with van der Waals surface area (Å²) in [6, 6.07) is 22.7. The number of rotatable bonds is 16. The van der Waals surface area contributed by atoms with E-state index in [2.05, 4.69) is 25.8 Å². The van der Waals surface area contributed by atoms with Crippen molar-refractivity contribution in [2.45, 2.75) is 63.8 Å². The fourth-order valence-corrected chi connectivity index (χ4v) is 5.98. The van der Waals surface area contributed by atoms with E-state index in [1.54, 1.807) is 23.5 Å². The van der Waals surface area contributed by atoms with E-state index in [0.717, 1.165) is 73.9 Å². The van der Waals surface area contributed by atoms with Crippen molar-refractivity contribution in [2.75, 3.05) is 33.8 Å². The molecule has 8 heteroatoms. The molecule has 0 aliphatic rings. The van der Waals surface area contributed by atoms with Crippen LogP contribution >= 0.6 is 11.6 Å². The normalized spacial score (nSPS) is 11.3. The predicted molar refractivity (Wildman–Crippen MR) is 169 cm³/mol. The van der Waals surface area contributed by atoms with Gasteiger partial charge in [0.05, 0.1) is 12.0 Å². The Kier molecular flexibility index (Phi) is 15.7. The standard InChI is InChI=1S/C25H37ClN2O3S.C8H8O/c1-5-7-16-28(17-8-6-2)32(29,30)24-12-9-21(10-13-24)15-18-27(3)20-22-19-23(26)11-14-25(22)31-4;9-7-6-8-4-2-1-3-5-8/h9-14,19H,5-8,15-18,20H2,1-4H3;1-5,7H,6H2. The van der Waals surface area contributed by atoms with Crippen molar-refractivity contribution in [1.82, 2.24) is 9.21 Å². The third-order valence-electron chi connectivity index (χ3n) is 6.71. The molecule has 0 aromatic heterocycles. The van der Waals surface area contributed by atoms with Gasteiger partial charge in [0.2, 0.25) is 10.0 Å². The molecule has 0 aliphatic carbocycles. The number of likely N-dealkylation sites (N-methyl/N-ethyl adjacent to an activating group) is 1. The summed E-state index contributed by atoms with van der Waals surface area (Å²) in [5.41, 5.74) is 3.23. The Morgan fingerprint density at radius 3 is 2.05 bits per heavy atom. The molecule has 0 bridgehead atoms. The van der Waals surface area contributed by atoms with Gasteiger partial charge in [0, 0.05) is 43.2 Å². The molecule has 6 nitrogen and oxygen atoms in total. The first-order valence-electron chi connectivity index (χ1n) is 14.3. The van der Waals surface area contributed by atoms with Gasteiger partial charge in [0.1, 0.15) is 12.0 Å². The van der Waals surface area contributed by atoms with Crippen LogP contribution in [-0.2, 0) is 34.2 Å². The molecule has 0 saturated carbocycles. The zero-order chi connectivity index (χ0) is 30.1. The van der Waals surface area contributed by atoms with E-state index in [1.165, 1.54) is 0 Å². The van der Waals surface area contributed by atoms with Crippen LogP contribution in [0, 0.1) is 0 Å². The molecular formula is C33H45ClN2O4S. The fourth-order valence-electron chi connectivity index (χ4n) is 4.27. The third-order valence-corrected chi connectivity index (χ3v) is 8.86. The van der Waals surface area contributed by atoms with E-state index in [9.17, 15) is 13.2 Å². The van der Waals surface area contributed by atoms with E-state index in [1.807, 2.05) is 60.7 Å².